The average Bonchev–Trinajstić information content (AvgIpc) is 3.71. The Hall–Kier alpha value is -5.01. The SMILES string of the molecule is CN1CCCC1c1cc(=C/N)/c(=C\Cc2ccc(OCC#Cc3cccc4c3n(C)c(=O)n4C3CCC(=O)NC3=O)cc2)[nH]1. The largest absolute Gasteiger partial charge is 0.481 e. The lowest BCUT2D eigenvalue weighted by molar-refractivity contribution is -0.135. The average molecular weight is 593 g/mol. The fourth-order valence-corrected chi connectivity index (χ4v) is 6.26. The molecule has 10 heteroatoms. The number of likely N-dealkylation sites (tertiary alicyclic amines) is 1. The summed E-state index contributed by atoms with van der Waals surface area (Å²) in [5.41, 5.74) is 9.84. The summed E-state index contributed by atoms with van der Waals surface area (Å²) in [6.45, 7) is 1.28. The molecule has 0 spiro atoms. The number of nitrogens with zero attached hydrogens (tertiary/aromatic N) is 3. The van der Waals surface area contributed by atoms with Crippen LogP contribution in [-0.2, 0) is 23.1 Å². The number of aryl methyl sites for hydroxylation is 1. The molecule has 0 saturated carbocycles. The number of piperidine rings is 1. The van der Waals surface area contributed by atoms with Crippen molar-refractivity contribution in [2.45, 2.75) is 44.2 Å². The van der Waals surface area contributed by atoms with Crippen molar-refractivity contribution >= 4 is 35.1 Å². The van der Waals surface area contributed by atoms with Crippen molar-refractivity contribution in [2.75, 3.05) is 20.2 Å². The fraction of sp³-hybridized carbons (Fsp3) is 0.324. The summed E-state index contributed by atoms with van der Waals surface area (Å²) >= 11 is 0. The Balaban J connectivity index is 1.12. The molecule has 0 radical (unpaired) electrons. The first-order valence-corrected chi connectivity index (χ1v) is 14.9. The lowest BCUT2D eigenvalue weighted by atomic mass is 10.1. The van der Waals surface area contributed by atoms with Crippen LogP contribution >= 0.6 is 0 Å². The van der Waals surface area contributed by atoms with Gasteiger partial charge in [-0.2, -0.15) is 0 Å². The lowest BCUT2D eigenvalue weighted by Gasteiger charge is -2.21. The number of hydrogen-bond donors (Lipinski definition) is 3. The van der Waals surface area contributed by atoms with Crippen LogP contribution in [0.5, 0.6) is 5.75 Å². The third-order valence-corrected chi connectivity index (χ3v) is 8.58. The van der Waals surface area contributed by atoms with E-state index < -0.39 is 11.9 Å². The second kappa shape index (κ2) is 12.3. The van der Waals surface area contributed by atoms with E-state index in [2.05, 4.69) is 46.2 Å². The molecule has 0 bridgehead atoms. The monoisotopic (exact) mass is 592 g/mol. The molecule has 2 aliphatic heterocycles. The molecule has 2 fully saturated rings. The number of para-hydroxylation sites is 1. The maximum absolute atomic E-state index is 13.1. The Bertz CT molecular complexity index is 1970. The minimum absolute atomic E-state index is 0.167. The summed E-state index contributed by atoms with van der Waals surface area (Å²) in [5.74, 6) is 6.09. The first-order valence-electron chi connectivity index (χ1n) is 14.9. The van der Waals surface area contributed by atoms with E-state index in [1.165, 1.54) is 21.2 Å². The van der Waals surface area contributed by atoms with Gasteiger partial charge in [0.05, 0.1) is 16.6 Å². The number of fused-ring (bicyclic) bond motifs is 1. The number of aromatic nitrogens is 3. The van der Waals surface area contributed by atoms with Crippen molar-refractivity contribution in [3.63, 3.8) is 0 Å². The Morgan fingerprint density at radius 3 is 2.61 bits per heavy atom. The van der Waals surface area contributed by atoms with Crippen molar-refractivity contribution in [2.24, 2.45) is 12.8 Å². The molecule has 226 valence electrons. The molecule has 4 aromatic rings. The Morgan fingerprint density at radius 2 is 1.89 bits per heavy atom. The molecule has 4 N–H and O–H groups in total. The number of nitrogens with two attached hydrogens (primary N) is 1. The summed E-state index contributed by atoms with van der Waals surface area (Å²) in [6, 6.07) is 15.2. The van der Waals surface area contributed by atoms with Crippen molar-refractivity contribution in [3.05, 3.63) is 86.4 Å². The zero-order valence-corrected chi connectivity index (χ0v) is 24.9. The molecule has 10 nitrogen and oxygen atoms in total. The molecule has 2 aliphatic rings. The molecule has 2 unspecified atom stereocenters. The number of rotatable bonds is 6. The van der Waals surface area contributed by atoms with E-state index in [-0.39, 0.29) is 31.0 Å². The van der Waals surface area contributed by atoms with Crippen molar-refractivity contribution < 1.29 is 14.3 Å². The number of imidazole rings is 1. The summed E-state index contributed by atoms with van der Waals surface area (Å²) in [6.07, 6.45) is 7.41. The first-order chi connectivity index (χ1) is 21.3. The number of carbonyl (C=O) groups excluding carboxylic acids is 2. The van der Waals surface area contributed by atoms with Gasteiger partial charge in [0, 0.05) is 42.0 Å². The third kappa shape index (κ3) is 5.66. The summed E-state index contributed by atoms with van der Waals surface area (Å²) in [5, 5.41) is 4.39. The van der Waals surface area contributed by atoms with Crippen LogP contribution in [-0.4, -0.2) is 51.0 Å². The van der Waals surface area contributed by atoms with Gasteiger partial charge in [-0.15, -0.1) is 0 Å². The van der Waals surface area contributed by atoms with Crippen LogP contribution in [0.1, 0.15) is 54.6 Å². The molecule has 4 heterocycles. The van der Waals surface area contributed by atoms with E-state index in [1.54, 1.807) is 25.4 Å². The molecular formula is C34H36N6O4. The molecule has 44 heavy (non-hydrogen) atoms. The highest BCUT2D eigenvalue weighted by Gasteiger charge is 2.31. The number of hydrogen-bond acceptors (Lipinski definition) is 6. The maximum Gasteiger partial charge on any atom is 0.329 e. The number of benzene rings is 2. The van der Waals surface area contributed by atoms with Gasteiger partial charge >= 0.3 is 5.69 Å². The van der Waals surface area contributed by atoms with E-state index in [1.807, 2.05) is 30.3 Å². The Kier molecular flexibility index (Phi) is 8.13. The van der Waals surface area contributed by atoms with E-state index in [4.69, 9.17) is 10.5 Å². The summed E-state index contributed by atoms with van der Waals surface area (Å²) < 4.78 is 8.82. The van der Waals surface area contributed by atoms with Crippen LogP contribution in [0.15, 0.2) is 53.3 Å². The van der Waals surface area contributed by atoms with Gasteiger partial charge in [-0.1, -0.05) is 36.1 Å². The molecule has 2 atom stereocenters. The van der Waals surface area contributed by atoms with Gasteiger partial charge in [-0.25, -0.2) is 4.79 Å². The van der Waals surface area contributed by atoms with Gasteiger partial charge in [-0.3, -0.25) is 28.9 Å². The van der Waals surface area contributed by atoms with Crippen molar-refractivity contribution in [1.82, 2.24) is 24.3 Å². The second-order valence-corrected chi connectivity index (χ2v) is 11.4. The zero-order valence-electron chi connectivity index (χ0n) is 24.9. The second-order valence-electron chi connectivity index (χ2n) is 11.4. The van der Waals surface area contributed by atoms with E-state index >= 15 is 0 Å². The van der Waals surface area contributed by atoms with Gasteiger partial charge in [0.1, 0.15) is 18.4 Å². The molecule has 2 saturated heterocycles. The fourth-order valence-electron chi connectivity index (χ4n) is 6.26. The number of ether oxygens (including phenoxy) is 1. The molecular weight excluding hydrogens is 556 g/mol. The number of carbonyl (C=O) groups is 2. The van der Waals surface area contributed by atoms with Crippen LogP contribution in [0.3, 0.4) is 0 Å². The van der Waals surface area contributed by atoms with Crippen LogP contribution in [0.4, 0.5) is 0 Å². The number of nitrogens with one attached hydrogen (secondary N) is 2. The van der Waals surface area contributed by atoms with Crippen LogP contribution in [0, 0.1) is 11.8 Å². The molecule has 2 aromatic carbocycles. The van der Waals surface area contributed by atoms with Gasteiger partial charge in [-0.05, 0) is 75.2 Å². The first kappa shape index (κ1) is 29.1. The predicted octanol–water partition coefficient (Wildman–Crippen LogP) is 1.56. The standard InChI is InChI=1S/C34H36N6O4/c1-38-18-4-9-28(38)27-20-24(21-35)26(36-27)15-12-22-10-13-25(14-11-22)44-19-5-7-23-6-3-8-29-32(23)39(2)34(43)40(29)30-16-17-31(41)37-33(30)42/h3,6,8,10-11,13-15,20-21,28,30,36H,4,9,12,16-19,35H2,1-2H3,(H,37,41,42)/b24-21-,26-15+. The zero-order chi connectivity index (χ0) is 30.8. The Labute approximate surface area is 254 Å². The Morgan fingerprint density at radius 1 is 1.07 bits per heavy atom. The minimum Gasteiger partial charge on any atom is -0.481 e. The van der Waals surface area contributed by atoms with E-state index in [0.717, 1.165) is 35.5 Å². The highest BCUT2D eigenvalue weighted by molar-refractivity contribution is 6.00. The summed E-state index contributed by atoms with van der Waals surface area (Å²) in [7, 11) is 3.82. The predicted molar refractivity (Wildman–Crippen MR) is 169 cm³/mol. The highest BCUT2D eigenvalue weighted by atomic mass is 16.5. The molecule has 2 amide bonds. The highest BCUT2D eigenvalue weighted by Crippen LogP contribution is 2.28. The van der Waals surface area contributed by atoms with Crippen LogP contribution < -0.4 is 32.0 Å². The number of imide groups is 1. The van der Waals surface area contributed by atoms with Crippen LogP contribution in [0.25, 0.3) is 23.3 Å². The number of aromatic amines is 1. The van der Waals surface area contributed by atoms with Gasteiger partial charge in [0.25, 0.3) is 0 Å². The van der Waals surface area contributed by atoms with Gasteiger partial charge in [0.15, 0.2) is 0 Å². The normalized spacial score (nSPS) is 19.8. The van der Waals surface area contributed by atoms with E-state index in [9.17, 15) is 14.4 Å². The minimum atomic E-state index is -0.740. The van der Waals surface area contributed by atoms with Gasteiger partial charge < -0.3 is 15.5 Å². The van der Waals surface area contributed by atoms with Gasteiger partial charge in [0.2, 0.25) is 11.8 Å². The summed E-state index contributed by atoms with van der Waals surface area (Å²) in [4.78, 5) is 43.2. The third-order valence-electron chi connectivity index (χ3n) is 8.58. The van der Waals surface area contributed by atoms with E-state index in [0.29, 0.717) is 28.4 Å². The molecule has 0 aliphatic carbocycles. The maximum atomic E-state index is 13.1. The quantitative estimate of drug-likeness (QED) is 0.231. The number of H-pyrrole nitrogens is 1. The smallest absolute Gasteiger partial charge is 0.329 e. The topological polar surface area (TPSA) is 127 Å². The molecule has 6 rings (SSSR count). The molecule has 2 aromatic heterocycles. The van der Waals surface area contributed by atoms with Crippen LogP contribution in [0.2, 0.25) is 0 Å². The lowest BCUT2D eigenvalue weighted by Crippen LogP contribution is -2.44. The van der Waals surface area contributed by atoms with Crippen molar-refractivity contribution in [1.29, 1.82) is 0 Å². The number of amides is 2. The van der Waals surface area contributed by atoms with Crippen molar-refractivity contribution in [3.8, 4) is 17.6 Å².